The largest absolute Gasteiger partial charge is 0.497 e. The zero-order chi connectivity index (χ0) is 26.8. The second kappa shape index (κ2) is 10.7. The van der Waals surface area contributed by atoms with Crippen LogP contribution >= 0.6 is 0 Å². The second-order valence-corrected chi connectivity index (χ2v) is 9.86. The normalized spacial score (nSPS) is 21.7. The molecule has 2 aromatic rings. The predicted octanol–water partition coefficient (Wildman–Crippen LogP) is 1.78. The van der Waals surface area contributed by atoms with Gasteiger partial charge in [0.25, 0.3) is 0 Å². The van der Waals surface area contributed by atoms with Gasteiger partial charge >= 0.3 is 0 Å². The van der Waals surface area contributed by atoms with Crippen molar-refractivity contribution in [3.63, 3.8) is 0 Å². The van der Waals surface area contributed by atoms with Crippen LogP contribution in [0.3, 0.4) is 0 Å². The SMILES string of the molecule is COc1ccc(N2C[C@H](C(=O)N3CCN(C(=O)[C@H]4CC(=O)N(c5ccc(OC)cc5)C4)CC3)CC2=O)cc1. The summed E-state index contributed by atoms with van der Waals surface area (Å²) in [6.45, 7) is 2.35. The summed E-state index contributed by atoms with van der Waals surface area (Å²) in [7, 11) is 3.17. The predicted molar refractivity (Wildman–Crippen MR) is 140 cm³/mol. The van der Waals surface area contributed by atoms with Gasteiger partial charge in [0.2, 0.25) is 23.6 Å². The van der Waals surface area contributed by atoms with Crippen LogP contribution in [0.4, 0.5) is 11.4 Å². The van der Waals surface area contributed by atoms with Crippen molar-refractivity contribution >= 4 is 35.0 Å². The molecule has 3 aliphatic rings. The molecule has 0 radical (unpaired) electrons. The Balaban J connectivity index is 1.13. The van der Waals surface area contributed by atoms with Crippen molar-refractivity contribution in [2.75, 3.05) is 63.3 Å². The van der Waals surface area contributed by atoms with Gasteiger partial charge in [-0.05, 0) is 48.5 Å². The zero-order valence-electron chi connectivity index (χ0n) is 21.7. The summed E-state index contributed by atoms with van der Waals surface area (Å²) in [6.07, 6.45) is 0.352. The van der Waals surface area contributed by atoms with E-state index >= 15 is 0 Å². The fourth-order valence-corrected chi connectivity index (χ4v) is 5.43. The van der Waals surface area contributed by atoms with E-state index in [4.69, 9.17) is 9.47 Å². The minimum absolute atomic E-state index is 0.0526. The molecule has 4 amide bonds. The molecule has 0 bridgehead atoms. The minimum Gasteiger partial charge on any atom is -0.497 e. The first-order valence-electron chi connectivity index (χ1n) is 12.8. The third kappa shape index (κ3) is 5.03. The van der Waals surface area contributed by atoms with Crippen LogP contribution in [-0.4, -0.2) is 86.9 Å². The Morgan fingerprint density at radius 1 is 0.632 bits per heavy atom. The van der Waals surface area contributed by atoms with Crippen molar-refractivity contribution in [3.8, 4) is 11.5 Å². The second-order valence-electron chi connectivity index (χ2n) is 9.86. The first kappa shape index (κ1) is 25.6. The van der Waals surface area contributed by atoms with Crippen molar-refractivity contribution < 1.29 is 28.7 Å². The molecule has 0 aliphatic carbocycles. The zero-order valence-corrected chi connectivity index (χ0v) is 21.7. The van der Waals surface area contributed by atoms with E-state index in [9.17, 15) is 19.2 Å². The topological polar surface area (TPSA) is 99.7 Å². The number of rotatable bonds is 6. The first-order chi connectivity index (χ1) is 18.4. The highest BCUT2D eigenvalue weighted by Crippen LogP contribution is 2.30. The molecule has 0 unspecified atom stereocenters. The summed E-state index contributed by atoms with van der Waals surface area (Å²) in [6, 6.07) is 14.4. The first-order valence-corrected chi connectivity index (χ1v) is 12.8. The molecule has 200 valence electrons. The van der Waals surface area contributed by atoms with E-state index in [2.05, 4.69) is 0 Å². The number of hydrogen-bond donors (Lipinski definition) is 0. The monoisotopic (exact) mass is 520 g/mol. The summed E-state index contributed by atoms with van der Waals surface area (Å²) in [4.78, 5) is 58.5. The molecule has 3 heterocycles. The van der Waals surface area contributed by atoms with Gasteiger partial charge < -0.3 is 29.1 Å². The van der Waals surface area contributed by atoms with Crippen molar-refractivity contribution in [1.82, 2.24) is 9.80 Å². The van der Waals surface area contributed by atoms with E-state index in [1.54, 1.807) is 58.1 Å². The highest BCUT2D eigenvalue weighted by Gasteiger charge is 2.40. The van der Waals surface area contributed by atoms with Crippen molar-refractivity contribution in [2.45, 2.75) is 12.8 Å². The molecule has 5 rings (SSSR count). The van der Waals surface area contributed by atoms with Crippen LogP contribution in [0.25, 0.3) is 0 Å². The van der Waals surface area contributed by atoms with Gasteiger partial charge in [-0.15, -0.1) is 0 Å². The number of amides is 4. The minimum atomic E-state index is -0.405. The van der Waals surface area contributed by atoms with Gasteiger partial charge in [-0.3, -0.25) is 19.2 Å². The lowest BCUT2D eigenvalue weighted by Gasteiger charge is -2.36. The number of carbonyl (C=O) groups is 4. The molecule has 2 aromatic carbocycles. The maximum absolute atomic E-state index is 13.2. The molecule has 3 saturated heterocycles. The van der Waals surface area contributed by atoms with Gasteiger partial charge in [-0.2, -0.15) is 0 Å². The number of hydrogen-bond acceptors (Lipinski definition) is 6. The van der Waals surface area contributed by atoms with Crippen molar-refractivity contribution in [3.05, 3.63) is 48.5 Å². The number of ether oxygens (including phenoxy) is 2. The van der Waals surface area contributed by atoms with Gasteiger partial charge in [0, 0.05) is 63.5 Å². The molecule has 10 nitrogen and oxygen atoms in total. The van der Waals surface area contributed by atoms with E-state index in [1.165, 1.54) is 0 Å². The van der Waals surface area contributed by atoms with E-state index in [0.29, 0.717) is 50.8 Å². The Bertz CT molecular complexity index is 1110. The quantitative estimate of drug-likeness (QED) is 0.576. The third-order valence-electron chi connectivity index (χ3n) is 7.62. The average molecular weight is 521 g/mol. The summed E-state index contributed by atoms with van der Waals surface area (Å²) in [5.74, 6) is 0.345. The van der Waals surface area contributed by atoms with Crippen LogP contribution in [-0.2, 0) is 19.2 Å². The highest BCUT2D eigenvalue weighted by molar-refractivity contribution is 6.01. The number of piperazine rings is 1. The van der Waals surface area contributed by atoms with Gasteiger partial charge in [-0.1, -0.05) is 0 Å². The van der Waals surface area contributed by atoms with Gasteiger partial charge in [0.05, 0.1) is 26.1 Å². The van der Waals surface area contributed by atoms with E-state index in [-0.39, 0.29) is 36.5 Å². The molecular formula is C28H32N4O6. The van der Waals surface area contributed by atoms with Gasteiger partial charge in [0.15, 0.2) is 0 Å². The highest BCUT2D eigenvalue weighted by atomic mass is 16.5. The standard InChI is InChI=1S/C28H32N4O6/c1-37-23-7-3-21(4-8-23)31-17-19(15-25(31)33)27(35)29-11-13-30(14-12-29)28(36)20-16-26(34)32(18-20)22-5-9-24(38-2)10-6-22/h3-10,19-20H,11-18H2,1-2H3/t19-,20+. The third-order valence-corrected chi connectivity index (χ3v) is 7.62. The van der Waals surface area contributed by atoms with E-state index in [0.717, 1.165) is 11.4 Å². The molecule has 0 N–H and O–H groups in total. The molecule has 0 spiro atoms. The number of carbonyl (C=O) groups excluding carboxylic acids is 4. The molecular weight excluding hydrogens is 488 g/mol. The smallest absolute Gasteiger partial charge is 0.228 e. The molecule has 3 aliphatic heterocycles. The summed E-state index contributed by atoms with van der Waals surface area (Å²) < 4.78 is 10.4. The maximum atomic E-state index is 13.2. The Morgan fingerprint density at radius 2 is 0.974 bits per heavy atom. The van der Waals surface area contributed by atoms with Crippen LogP contribution in [0.2, 0.25) is 0 Å². The Hall–Kier alpha value is -4.08. The molecule has 0 aromatic heterocycles. The van der Waals surface area contributed by atoms with Crippen LogP contribution in [0, 0.1) is 11.8 Å². The van der Waals surface area contributed by atoms with Crippen LogP contribution in [0.1, 0.15) is 12.8 Å². The van der Waals surface area contributed by atoms with E-state index < -0.39 is 11.8 Å². The summed E-state index contributed by atoms with van der Waals surface area (Å²) in [5, 5.41) is 0. The van der Waals surface area contributed by atoms with Gasteiger partial charge in [0.1, 0.15) is 11.5 Å². The van der Waals surface area contributed by atoms with Crippen LogP contribution in [0.5, 0.6) is 11.5 Å². The lowest BCUT2D eigenvalue weighted by Crippen LogP contribution is -2.53. The molecule has 2 atom stereocenters. The molecule has 3 fully saturated rings. The molecule has 10 heteroatoms. The van der Waals surface area contributed by atoms with E-state index in [1.807, 2.05) is 24.3 Å². The van der Waals surface area contributed by atoms with Crippen LogP contribution < -0.4 is 19.3 Å². The number of nitrogens with zero attached hydrogens (tertiary/aromatic N) is 4. The maximum Gasteiger partial charge on any atom is 0.228 e. The Kier molecular flexibility index (Phi) is 7.22. The molecule has 38 heavy (non-hydrogen) atoms. The molecule has 0 saturated carbocycles. The van der Waals surface area contributed by atoms with Gasteiger partial charge in [-0.25, -0.2) is 0 Å². The van der Waals surface area contributed by atoms with Crippen LogP contribution in [0.15, 0.2) is 48.5 Å². The number of anilines is 2. The van der Waals surface area contributed by atoms with Crippen molar-refractivity contribution in [1.29, 1.82) is 0 Å². The summed E-state index contributed by atoms with van der Waals surface area (Å²) in [5.41, 5.74) is 1.49. The fraction of sp³-hybridized carbons (Fsp3) is 0.429. The lowest BCUT2D eigenvalue weighted by atomic mass is 10.0. The van der Waals surface area contributed by atoms with Crippen molar-refractivity contribution in [2.24, 2.45) is 11.8 Å². The Labute approximate surface area is 221 Å². The Morgan fingerprint density at radius 3 is 1.29 bits per heavy atom. The number of benzene rings is 2. The number of methoxy groups -OCH3 is 2. The summed E-state index contributed by atoms with van der Waals surface area (Å²) >= 11 is 0. The lowest BCUT2D eigenvalue weighted by molar-refractivity contribution is -0.143. The fourth-order valence-electron chi connectivity index (χ4n) is 5.43. The average Bonchev–Trinajstić information content (AvgIpc) is 3.55.